The second-order valence-corrected chi connectivity index (χ2v) is 16.0. The van der Waals surface area contributed by atoms with Crippen molar-refractivity contribution in [2.75, 3.05) is 0 Å². The molecule has 5 aromatic heterocycles. The zero-order valence-corrected chi connectivity index (χ0v) is 33.5. The molecule has 0 spiro atoms. The Morgan fingerprint density at radius 1 is 0.452 bits per heavy atom. The van der Waals surface area contributed by atoms with Crippen molar-refractivity contribution in [2.24, 2.45) is 0 Å². The Balaban J connectivity index is 1.20. The summed E-state index contributed by atoms with van der Waals surface area (Å²) in [6, 6.07) is 60.9. The summed E-state index contributed by atoms with van der Waals surface area (Å²) in [6.45, 7) is 4.34. The van der Waals surface area contributed by atoms with Gasteiger partial charge < -0.3 is 14.5 Å². The van der Waals surface area contributed by atoms with Gasteiger partial charge in [-0.1, -0.05) is 140 Å². The minimum Gasteiger partial charge on any atom is -0.309 e. The molecule has 0 fully saturated rings. The Kier molecular flexibility index (Phi) is 7.22. The Morgan fingerprint density at radius 2 is 0.887 bits per heavy atom. The molecular formula is C56H36N6. The fraction of sp³-hybridized carbons (Fsp3) is 0. The molecule has 0 radical (unpaired) electrons. The summed E-state index contributed by atoms with van der Waals surface area (Å²) < 4.78 is 9.37. The minimum atomic E-state index is 0.454. The highest BCUT2D eigenvalue weighted by molar-refractivity contribution is 6.27. The number of para-hydroxylation sites is 6. The maximum atomic E-state index is 9.00. The summed E-state index contributed by atoms with van der Waals surface area (Å²) in [5.41, 5.74) is 11.8. The summed E-state index contributed by atoms with van der Waals surface area (Å²) in [5, 5.41) is 18.3. The monoisotopic (exact) mass is 792 g/mol. The van der Waals surface area contributed by atoms with Gasteiger partial charge in [0, 0.05) is 60.8 Å². The first-order valence-electron chi connectivity index (χ1n) is 20.9. The van der Waals surface area contributed by atoms with Gasteiger partial charge in [0.2, 0.25) is 0 Å². The first-order chi connectivity index (χ1) is 30.7. The first kappa shape index (κ1) is 34.4. The lowest BCUT2D eigenvalue weighted by atomic mass is 10.0. The molecule has 13 rings (SSSR count). The van der Waals surface area contributed by atoms with E-state index < -0.39 is 0 Å². The SMILES string of the molecule is C=C/C(=C1/C=CC=CC1=N)n1c2ccccc2c2ccc3c(c4ccccc4n3-c3cc(-n4c5ccccc5c5ccccc54)nc(-n4c5ccccc5c5ccccc54)c3)c21. The lowest BCUT2D eigenvalue weighted by molar-refractivity contribution is 0.997. The zero-order chi connectivity index (χ0) is 41.1. The summed E-state index contributed by atoms with van der Waals surface area (Å²) in [6.07, 6.45) is 9.68. The maximum absolute atomic E-state index is 9.00. The number of benzene rings is 7. The van der Waals surface area contributed by atoms with Gasteiger partial charge in [-0.3, -0.25) is 9.13 Å². The number of rotatable bonds is 5. The van der Waals surface area contributed by atoms with E-state index >= 15 is 0 Å². The van der Waals surface area contributed by atoms with Gasteiger partial charge in [0.15, 0.2) is 0 Å². The molecule has 0 bridgehead atoms. The third-order valence-electron chi connectivity index (χ3n) is 12.8. The van der Waals surface area contributed by atoms with E-state index in [2.05, 4.69) is 195 Å². The Labute approximate surface area is 355 Å². The van der Waals surface area contributed by atoms with Crippen LogP contribution >= 0.6 is 0 Å². The summed E-state index contributed by atoms with van der Waals surface area (Å²) in [4.78, 5) is 5.63. The van der Waals surface area contributed by atoms with Gasteiger partial charge in [-0.05, 0) is 54.6 Å². The highest BCUT2D eigenvalue weighted by atomic mass is 15.1. The molecule has 1 N–H and O–H groups in total. The van der Waals surface area contributed by atoms with Crippen LogP contribution < -0.4 is 0 Å². The number of pyridine rings is 1. The van der Waals surface area contributed by atoms with Crippen LogP contribution in [-0.4, -0.2) is 29.0 Å². The molecule has 0 saturated carbocycles. The topological polar surface area (TPSA) is 56.5 Å². The van der Waals surface area contributed by atoms with Crippen molar-refractivity contribution >= 4 is 98.6 Å². The van der Waals surface area contributed by atoms with Crippen LogP contribution in [0.1, 0.15) is 0 Å². The predicted octanol–water partition coefficient (Wildman–Crippen LogP) is 14.0. The molecule has 62 heavy (non-hydrogen) atoms. The standard InChI is InChI=1S/C56H36N6/c1-2-45(42-22-3-10-24-44(42)57)62-50-29-15-8-21-40(50)41-31-32-52-55(56(41)62)43-23-9-16-30-51(43)59(52)35-33-53(60-46-25-11-4-17-36(46)37-18-5-12-26-47(37)60)58-54(34-35)61-48-27-13-6-19-38(48)39-20-7-14-28-49(39)61/h2-34,57H,1H2/b45-42+,57-44?. The van der Waals surface area contributed by atoms with Crippen molar-refractivity contribution in [3.8, 4) is 17.3 Å². The van der Waals surface area contributed by atoms with E-state index in [1.165, 1.54) is 21.5 Å². The molecule has 0 unspecified atom stereocenters. The van der Waals surface area contributed by atoms with E-state index in [0.29, 0.717) is 5.71 Å². The lowest BCUT2D eigenvalue weighted by Gasteiger charge is -2.17. The third kappa shape index (κ3) is 4.69. The number of fused-ring (bicyclic) bond motifs is 13. The molecule has 7 aromatic carbocycles. The van der Waals surface area contributed by atoms with E-state index in [1.807, 2.05) is 30.4 Å². The number of allylic oxidation sites excluding steroid dienone is 7. The maximum Gasteiger partial charge on any atom is 0.142 e. The van der Waals surface area contributed by atoms with Crippen molar-refractivity contribution in [1.82, 2.24) is 23.3 Å². The number of aromatic nitrogens is 5. The van der Waals surface area contributed by atoms with Crippen molar-refractivity contribution in [3.05, 3.63) is 212 Å². The van der Waals surface area contributed by atoms with E-state index in [0.717, 1.165) is 94.3 Å². The molecule has 0 saturated heterocycles. The van der Waals surface area contributed by atoms with Gasteiger partial charge in [0.05, 0.1) is 61.2 Å². The molecule has 0 amide bonds. The minimum absolute atomic E-state index is 0.454. The molecular weight excluding hydrogens is 757 g/mol. The molecule has 1 aliphatic carbocycles. The van der Waals surface area contributed by atoms with Gasteiger partial charge in [0.25, 0.3) is 0 Å². The largest absolute Gasteiger partial charge is 0.309 e. The van der Waals surface area contributed by atoms with Crippen molar-refractivity contribution < 1.29 is 0 Å². The van der Waals surface area contributed by atoms with Gasteiger partial charge >= 0.3 is 0 Å². The average molecular weight is 793 g/mol. The molecule has 0 aliphatic heterocycles. The quantitative estimate of drug-likeness (QED) is 0.185. The number of nitrogens with one attached hydrogen (secondary N) is 1. The first-order valence-corrected chi connectivity index (χ1v) is 20.9. The van der Waals surface area contributed by atoms with Crippen LogP contribution in [0.5, 0.6) is 0 Å². The van der Waals surface area contributed by atoms with Crippen LogP contribution in [0.25, 0.3) is 110 Å². The molecule has 12 aromatic rings. The molecule has 5 heterocycles. The van der Waals surface area contributed by atoms with Crippen LogP contribution in [0.2, 0.25) is 0 Å². The molecule has 0 atom stereocenters. The fourth-order valence-corrected chi connectivity index (χ4v) is 10.3. The summed E-state index contributed by atoms with van der Waals surface area (Å²) in [5.74, 6) is 1.65. The second-order valence-electron chi connectivity index (χ2n) is 16.0. The lowest BCUT2D eigenvalue weighted by Crippen LogP contribution is -2.07. The number of hydrogen-bond donors (Lipinski definition) is 1. The number of nitrogens with zero attached hydrogens (tertiary/aromatic N) is 5. The predicted molar refractivity (Wildman–Crippen MR) is 260 cm³/mol. The Morgan fingerprint density at radius 3 is 1.39 bits per heavy atom. The highest BCUT2D eigenvalue weighted by Crippen LogP contribution is 2.44. The van der Waals surface area contributed by atoms with Crippen molar-refractivity contribution in [3.63, 3.8) is 0 Å². The van der Waals surface area contributed by atoms with E-state index in [1.54, 1.807) is 0 Å². The van der Waals surface area contributed by atoms with Crippen LogP contribution in [-0.2, 0) is 0 Å². The van der Waals surface area contributed by atoms with Crippen LogP contribution in [0.3, 0.4) is 0 Å². The van der Waals surface area contributed by atoms with Crippen molar-refractivity contribution in [1.29, 1.82) is 5.41 Å². The smallest absolute Gasteiger partial charge is 0.142 e. The second kappa shape index (κ2) is 13.0. The van der Waals surface area contributed by atoms with Crippen LogP contribution in [0.15, 0.2) is 212 Å². The average Bonchev–Trinajstić information content (AvgIpc) is 4.05. The van der Waals surface area contributed by atoms with Crippen LogP contribution in [0.4, 0.5) is 0 Å². The summed E-state index contributed by atoms with van der Waals surface area (Å²) in [7, 11) is 0. The van der Waals surface area contributed by atoms with E-state index in [-0.39, 0.29) is 0 Å². The van der Waals surface area contributed by atoms with E-state index in [4.69, 9.17) is 10.4 Å². The fourth-order valence-electron chi connectivity index (χ4n) is 10.3. The van der Waals surface area contributed by atoms with Gasteiger partial charge in [-0.25, -0.2) is 4.98 Å². The third-order valence-corrected chi connectivity index (χ3v) is 12.8. The number of hydrogen-bond acceptors (Lipinski definition) is 2. The normalized spacial score (nSPS) is 14.0. The zero-order valence-electron chi connectivity index (χ0n) is 33.5. The van der Waals surface area contributed by atoms with Crippen molar-refractivity contribution in [2.45, 2.75) is 0 Å². The molecule has 6 heteroatoms. The summed E-state index contributed by atoms with van der Waals surface area (Å²) >= 11 is 0. The molecule has 290 valence electrons. The van der Waals surface area contributed by atoms with Gasteiger partial charge in [-0.2, -0.15) is 0 Å². The van der Waals surface area contributed by atoms with E-state index in [9.17, 15) is 0 Å². The molecule has 1 aliphatic rings. The van der Waals surface area contributed by atoms with Gasteiger partial charge in [-0.15, -0.1) is 0 Å². The molecule has 6 nitrogen and oxygen atoms in total. The van der Waals surface area contributed by atoms with Gasteiger partial charge in [0.1, 0.15) is 11.6 Å². The Hall–Kier alpha value is -8.48. The highest BCUT2D eigenvalue weighted by Gasteiger charge is 2.24. The Bertz CT molecular complexity index is 3790. The van der Waals surface area contributed by atoms with Crippen LogP contribution in [0, 0.1) is 5.41 Å².